The zero-order valence-corrected chi connectivity index (χ0v) is 36.4. The Hall–Kier alpha value is -8.99. The SMILES string of the molecule is c1ccc2cc3c(cc2c1)c1ccccc1n3-c1ccc(-c2ccc(-c3nc(-c4ccc(-c5cccc6ccccc56)cc4)nc(-c4ccc(-c5cccc6ccccc56)cc4)n3)cc2)cc1. The van der Waals surface area contributed by atoms with Crippen molar-refractivity contribution in [1.29, 1.82) is 0 Å². The Bertz CT molecular complexity index is 3850. The number of nitrogens with zero attached hydrogens (tertiary/aromatic N) is 4. The first-order valence-corrected chi connectivity index (χ1v) is 22.8. The Kier molecular flexibility index (Phi) is 9.14. The first-order chi connectivity index (χ1) is 33.2. The maximum atomic E-state index is 5.14. The lowest BCUT2D eigenvalue weighted by Gasteiger charge is -2.12. The highest BCUT2D eigenvalue weighted by atomic mass is 15.0. The number of para-hydroxylation sites is 1. The van der Waals surface area contributed by atoms with Crippen molar-refractivity contribution >= 4 is 54.1 Å². The molecule has 11 aromatic carbocycles. The number of benzene rings is 11. The fourth-order valence-electron chi connectivity index (χ4n) is 9.86. The van der Waals surface area contributed by atoms with Crippen LogP contribution in [0.1, 0.15) is 0 Å². The molecule has 0 unspecified atom stereocenters. The molecule has 2 heterocycles. The van der Waals surface area contributed by atoms with Crippen LogP contribution in [-0.4, -0.2) is 19.5 Å². The first-order valence-electron chi connectivity index (χ1n) is 22.8. The van der Waals surface area contributed by atoms with Gasteiger partial charge in [0.25, 0.3) is 0 Å². The summed E-state index contributed by atoms with van der Waals surface area (Å²) in [6.45, 7) is 0. The molecule has 13 aromatic rings. The number of aromatic nitrogens is 4. The van der Waals surface area contributed by atoms with Crippen molar-refractivity contribution in [3.05, 3.63) is 243 Å². The summed E-state index contributed by atoms with van der Waals surface area (Å²) in [7, 11) is 0. The van der Waals surface area contributed by atoms with Gasteiger partial charge in [0.2, 0.25) is 0 Å². The van der Waals surface area contributed by atoms with Gasteiger partial charge in [-0.1, -0.05) is 212 Å². The van der Waals surface area contributed by atoms with Crippen LogP contribution in [0.2, 0.25) is 0 Å². The van der Waals surface area contributed by atoms with Gasteiger partial charge in [0.05, 0.1) is 11.0 Å². The average Bonchev–Trinajstić information content (AvgIpc) is 3.73. The van der Waals surface area contributed by atoms with E-state index in [-0.39, 0.29) is 0 Å². The molecule has 0 N–H and O–H groups in total. The maximum Gasteiger partial charge on any atom is 0.164 e. The van der Waals surface area contributed by atoms with Gasteiger partial charge in [0, 0.05) is 33.2 Å². The summed E-state index contributed by atoms with van der Waals surface area (Å²) in [5.41, 5.74) is 13.2. The van der Waals surface area contributed by atoms with Crippen LogP contribution in [0.3, 0.4) is 0 Å². The Balaban J connectivity index is 0.858. The fourth-order valence-corrected chi connectivity index (χ4v) is 9.86. The second-order valence-corrected chi connectivity index (χ2v) is 17.2. The van der Waals surface area contributed by atoms with E-state index in [4.69, 9.17) is 15.0 Å². The molecule has 0 radical (unpaired) electrons. The van der Waals surface area contributed by atoms with E-state index in [2.05, 4.69) is 247 Å². The van der Waals surface area contributed by atoms with Gasteiger partial charge in [0.1, 0.15) is 0 Å². The first kappa shape index (κ1) is 38.5. The Morgan fingerprint density at radius 1 is 0.239 bits per heavy atom. The lowest BCUT2D eigenvalue weighted by atomic mass is 9.97. The summed E-state index contributed by atoms with van der Waals surface area (Å²) >= 11 is 0. The minimum absolute atomic E-state index is 0.622. The van der Waals surface area contributed by atoms with Gasteiger partial charge >= 0.3 is 0 Å². The molecule has 4 nitrogen and oxygen atoms in total. The molecule has 0 spiro atoms. The Morgan fingerprint density at radius 3 is 1.12 bits per heavy atom. The molecule has 0 fully saturated rings. The Labute approximate surface area is 387 Å². The van der Waals surface area contributed by atoms with Crippen molar-refractivity contribution in [2.75, 3.05) is 0 Å². The molecule has 0 aliphatic heterocycles. The summed E-state index contributed by atoms with van der Waals surface area (Å²) in [5, 5.41) is 9.89. The summed E-state index contributed by atoms with van der Waals surface area (Å²) < 4.78 is 2.38. The second-order valence-electron chi connectivity index (χ2n) is 17.2. The van der Waals surface area contributed by atoms with Crippen LogP contribution >= 0.6 is 0 Å². The number of fused-ring (bicyclic) bond motifs is 6. The Morgan fingerprint density at radius 2 is 0.612 bits per heavy atom. The quantitative estimate of drug-likeness (QED) is 0.160. The molecule has 2 aromatic heterocycles. The van der Waals surface area contributed by atoms with Gasteiger partial charge in [-0.3, -0.25) is 0 Å². The highest BCUT2D eigenvalue weighted by molar-refractivity contribution is 6.13. The minimum atomic E-state index is 0.622. The van der Waals surface area contributed by atoms with Gasteiger partial charge < -0.3 is 4.57 Å². The summed E-state index contributed by atoms with van der Waals surface area (Å²) in [4.78, 5) is 15.4. The van der Waals surface area contributed by atoms with Crippen LogP contribution in [-0.2, 0) is 0 Å². The van der Waals surface area contributed by atoms with Crippen molar-refractivity contribution in [3.63, 3.8) is 0 Å². The molecular formula is C63H40N4. The topological polar surface area (TPSA) is 43.6 Å². The molecule has 0 aliphatic rings. The summed E-state index contributed by atoms with van der Waals surface area (Å²) in [6, 6.07) is 86.6. The van der Waals surface area contributed by atoms with E-state index < -0.39 is 0 Å². The van der Waals surface area contributed by atoms with E-state index in [1.54, 1.807) is 0 Å². The van der Waals surface area contributed by atoms with E-state index in [0.717, 1.165) is 44.6 Å². The van der Waals surface area contributed by atoms with Crippen LogP contribution < -0.4 is 0 Å². The monoisotopic (exact) mass is 852 g/mol. The van der Waals surface area contributed by atoms with E-state index >= 15 is 0 Å². The van der Waals surface area contributed by atoms with Crippen LogP contribution in [0.25, 0.3) is 127 Å². The second kappa shape index (κ2) is 15.9. The van der Waals surface area contributed by atoms with E-state index in [1.165, 1.54) is 65.3 Å². The van der Waals surface area contributed by atoms with Gasteiger partial charge in [-0.25, -0.2) is 15.0 Å². The maximum absolute atomic E-state index is 5.14. The molecule has 312 valence electrons. The van der Waals surface area contributed by atoms with Crippen LogP contribution in [0, 0.1) is 0 Å². The summed E-state index contributed by atoms with van der Waals surface area (Å²) in [5.74, 6) is 1.87. The van der Waals surface area contributed by atoms with Crippen molar-refractivity contribution < 1.29 is 0 Å². The largest absolute Gasteiger partial charge is 0.309 e. The lowest BCUT2D eigenvalue weighted by Crippen LogP contribution is -2.00. The van der Waals surface area contributed by atoms with Crippen molar-refractivity contribution in [3.8, 4) is 73.2 Å². The predicted molar refractivity (Wildman–Crippen MR) is 279 cm³/mol. The van der Waals surface area contributed by atoms with E-state index in [9.17, 15) is 0 Å². The van der Waals surface area contributed by atoms with Crippen molar-refractivity contribution in [1.82, 2.24) is 19.5 Å². The molecule has 0 saturated heterocycles. The third-order valence-corrected chi connectivity index (χ3v) is 13.3. The molecule has 13 rings (SSSR count). The molecule has 0 atom stereocenters. The molecule has 0 aliphatic carbocycles. The van der Waals surface area contributed by atoms with Gasteiger partial charge in [-0.05, 0) is 96.0 Å². The highest BCUT2D eigenvalue weighted by Crippen LogP contribution is 2.37. The molecule has 4 heteroatoms. The molecule has 0 saturated carbocycles. The molecular weight excluding hydrogens is 813 g/mol. The molecule has 0 bridgehead atoms. The smallest absolute Gasteiger partial charge is 0.164 e. The fraction of sp³-hybridized carbons (Fsp3) is 0. The van der Waals surface area contributed by atoms with Gasteiger partial charge in [-0.2, -0.15) is 0 Å². The standard InChI is InChI=1S/C63H40N4/c1-2-14-51-40-60-58(39-50(51)13-1)57-19-7-8-22-59(57)67(60)52-37-35-42(36-38-52)41-23-29-47(30-24-41)61-64-62(48-31-25-45(26-32-48)55-20-9-15-43-11-3-5-17-53(43)55)66-63(65-61)49-33-27-46(28-34-49)56-21-10-16-44-12-4-6-18-54(44)56/h1-40H. The zero-order chi connectivity index (χ0) is 44.3. The van der Waals surface area contributed by atoms with Crippen molar-refractivity contribution in [2.45, 2.75) is 0 Å². The minimum Gasteiger partial charge on any atom is -0.309 e. The van der Waals surface area contributed by atoms with E-state index in [0.29, 0.717) is 17.5 Å². The lowest BCUT2D eigenvalue weighted by molar-refractivity contribution is 1.07. The van der Waals surface area contributed by atoms with E-state index in [1.807, 2.05) is 0 Å². The number of rotatable bonds is 7. The summed E-state index contributed by atoms with van der Waals surface area (Å²) in [6.07, 6.45) is 0. The van der Waals surface area contributed by atoms with Crippen LogP contribution in [0.15, 0.2) is 243 Å². The third kappa shape index (κ3) is 6.82. The number of hydrogen-bond donors (Lipinski definition) is 0. The molecule has 0 amide bonds. The third-order valence-electron chi connectivity index (χ3n) is 13.3. The molecule has 67 heavy (non-hydrogen) atoms. The predicted octanol–water partition coefficient (Wildman–Crippen LogP) is 16.4. The van der Waals surface area contributed by atoms with Gasteiger partial charge in [-0.15, -0.1) is 0 Å². The van der Waals surface area contributed by atoms with Crippen LogP contribution in [0.4, 0.5) is 0 Å². The zero-order valence-electron chi connectivity index (χ0n) is 36.4. The average molecular weight is 853 g/mol. The van der Waals surface area contributed by atoms with Crippen molar-refractivity contribution in [2.24, 2.45) is 0 Å². The normalized spacial score (nSPS) is 11.6. The highest BCUT2D eigenvalue weighted by Gasteiger charge is 2.16. The van der Waals surface area contributed by atoms with Crippen LogP contribution in [0.5, 0.6) is 0 Å². The van der Waals surface area contributed by atoms with Gasteiger partial charge in [0.15, 0.2) is 17.5 Å². The number of hydrogen-bond acceptors (Lipinski definition) is 3.